The smallest absolute Gasteiger partial charge is 0.0549 e. The van der Waals surface area contributed by atoms with E-state index >= 15 is 0 Å². The first-order valence-corrected chi connectivity index (χ1v) is 22.8. The molecule has 0 saturated heterocycles. The summed E-state index contributed by atoms with van der Waals surface area (Å²) in [5.41, 5.74) is 15.5. The molecule has 0 radical (unpaired) electrons. The van der Waals surface area contributed by atoms with Gasteiger partial charge in [-0.25, -0.2) is 0 Å². The standard InChI is InChI=1S/C60H37N3S/c1-3-17-39(18-4-1)61-49-28-12-8-22-42(49)47-37-38(33-34-51(47)61)41-21-7-11-27-48(41)63-52-30-15-25-44(43-26-16-32-56-57(43)46-24-10-14-31-55(46)64-56)58(52)60-54(63)36-35-53-59(60)45-23-9-13-29-50(45)62(53)40-19-5-2-6-20-40/h1-37H. The summed E-state index contributed by atoms with van der Waals surface area (Å²) >= 11 is 1.88. The predicted octanol–water partition coefficient (Wildman–Crippen LogP) is 16.7. The van der Waals surface area contributed by atoms with Gasteiger partial charge in [-0.05, 0) is 102 Å². The lowest BCUT2D eigenvalue weighted by Gasteiger charge is -2.15. The highest BCUT2D eigenvalue weighted by Gasteiger charge is 2.25. The number of thiophene rings is 1. The van der Waals surface area contributed by atoms with Gasteiger partial charge in [0.25, 0.3) is 0 Å². The van der Waals surface area contributed by atoms with E-state index in [0.29, 0.717) is 0 Å². The van der Waals surface area contributed by atoms with E-state index in [1.165, 1.54) is 108 Å². The Balaban J connectivity index is 1.11. The van der Waals surface area contributed by atoms with Crippen LogP contribution in [0.25, 0.3) is 125 Å². The summed E-state index contributed by atoms with van der Waals surface area (Å²) in [5.74, 6) is 0. The molecule has 64 heavy (non-hydrogen) atoms. The number of hydrogen-bond donors (Lipinski definition) is 0. The maximum atomic E-state index is 2.54. The highest BCUT2D eigenvalue weighted by Crippen LogP contribution is 2.49. The molecule has 0 aliphatic carbocycles. The summed E-state index contributed by atoms with van der Waals surface area (Å²) in [7, 11) is 0. The summed E-state index contributed by atoms with van der Waals surface area (Å²) < 4.78 is 9.99. The average molecular weight is 832 g/mol. The van der Waals surface area contributed by atoms with E-state index in [-0.39, 0.29) is 0 Å². The van der Waals surface area contributed by atoms with Crippen LogP contribution in [0.15, 0.2) is 224 Å². The topological polar surface area (TPSA) is 14.8 Å². The fourth-order valence-electron chi connectivity index (χ4n) is 10.9. The zero-order chi connectivity index (χ0) is 41.9. The number of hydrogen-bond acceptors (Lipinski definition) is 1. The molecule has 14 rings (SSSR count). The van der Waals surface area contributed by atoms with Crippen molar-refractivity contribution in [2.24, 2.45) is 0 Å². The first kappa shape index (κ1) is 35.4. The third kappa shape index (κ3) is 4.97. The Hall–Kier alpha value is -8.18. The fourth-order valence-corrected chi connectivity index (χ4v) is 12.0. The quantitative estimate of drug-likeness (QED) is 0.164. The molecule has 4 heteroatoms. The van der Waals surface area contributed by atoms with Gasteiger partial charge in [-0.15, -0.1) is 11.3 Å². The van der Waals surface area contributed by atoms with Gasteiger partial charge in [0.2, 0.25) is 0 Å². The molecule has 0 aliphatic heterocycles. The molecule has 4 heterocycles. The Labute approximate surface area is 372 Å². The van der Waals surface area contributed by atoms with Gasteiger partial charge in [-0.3, -0.25) is 0 Å². The van der Waals surface area contributed by atoms with E-state index in [9.17, 15) is 0 Å². The summed E-state index contributed by atoms with van der Waals surface area (Å²) in [6.45, 7) is 0. The first-order valence-electron chi connectivity index (χ1n) is 21.9. The van der Waals surface area contributed by atoms with Gasteiger partial charge in [-0.2, -0.15) is 0 Å². The summed E-state index contributed by atoms with van der Waals surface area (Å²) in [4.78, 5) is 0. The number of para-hydroxylation sites is 5. The van der Waals surface area contributed by atoms with Crippen LogP contribution in [0.1, 0.15) is 0 Å². The molecule has 0 aliphatic rings. The van der Waals surface area contributed by atoms with Crippen molar-refractivity contribution in [2.75, 3.05) is 0 Å². The largest absolute Gasteiger partial charge is 0.309 e. The molecule has 298 valence electrons. The lowest BCUT2D eigenvalue weighted by molar-refractivity contribution is 1.17. The number of aromatic nitrogens is 3. The molecule has 4 aromatic heterocycles. The van der Waals surface area contributed by atoms with Crippen molar-refractivity contribution in [1.82, 2.24) is 13.7 Å². The van der Waals surface area contributed by atoms with Crippen molar-refractivity contribution in [3.05, 3.63) is 224 Å². The molecule has 0 unspecified atom stereocenters. The van der Waals surface area contributed by atoms with Gasteiger partial charge in [-0.1, -0.05) is 140 Å². The van der Waals surface area contributed by atoms with E-state index in [1.54, 1.807) is 0 Å². The van der Waals surface area contributed by atoms with Crippen LogP contribution >= 0.6 is 11.3 Å². The normalized spacial score (nSPS) is 12.1. The summed E-state index contributed by atoms with van der Waals surface area (Å²) in [5, 5.41) is 10.1. The van der Waals surface area contributed by atoms with Gasteiger partial charge >= 0.3 is 0 Å². The summed E-state index contributed by atoms with van der Waals surface area (Å²) in [6, 6.07) is 82.7. The van der Waals surface area contributed by atoms with Crippen molar-refractivity contribution < 1.29 is 0 Å². The minimum absolute atomic E-state index is 1.15. The maximum Gasteiger partial charge on any atom is 0.0549 e. The number of benzene rings is 10. The van der Waals surface area contributed by atoms with Gasteiger partial charge < -0.3 is 13.7 Å². The van der Waals surface area contributed by atoms with Crippen molar-refractivity contribution in [3.63, 3.8) is 0 Å². The zero-order valence-electron chi connectivity index (χ0n) is 34.6. The molecular formula is C60H37N3S. The van der Waals surface area contributed by atoms with Crippen LogP contribution in [0.4, 0.5) is 0 Å². The van der Waals surface area contributed by atoms with Gasteiger partial charge in [0.05, 0.1) is 38.8 Å². The Morgan fingerprint density at radius 3 is 1.55 bits per heavy atom. The highest BCUT2D eigenvalue weighted by molar-refractivity contribution is 7.26. The predicted molar refractivity (Wildman–Crippen MR) is 273 cm³/mol. The van der Waals surface area contributed by atoms with E-state index in [1.807, 2.05) is 11.3 Å². The van der Waals surface area contributed by atoms with Gasteiger partial charge in [0.1, 0.15) is 0 Å². The van der Waals surface area contributed by atoms with Crippen LogP contribution in [0.3, 0.4) is 0 Å². The number of nitrogens with zero attached hydrogens (tertiary/aromatic N) is 3. The number of rotatable bonds is 5. The third-order valence-corrected chi connectivity index (χ3v) is 14.6. The lowest BCUT2D eigenvalue weighted by Crippen LogP contribution is -1.97. The minimum Gasteiger partial charge on any atom is -0.309 e. The molecule has 0 N–H and O–H groups in total. The first-order chi connectivity index (χ1) is 31.8. The molecule has 0 saturated carbocycles. The van der Waals surface area contributed by atoms with Crippen molar-refractivity contribution >= 4 is 96.9 Å². The Morgan fingerprint density at radius 2 is 0.766 bits per heavy atom. The maximum absolute atomic E-state index is 2.54. The molecule has 0 fully saturated rings. The third-order valence-electron chi connectivity index (χ3n) is 13.4. The van der Waals surface area contributed by atoms with Crippen LogP contribution in [-0.2, 0) is 0 Å². The van der Waals surface area contributed by atoms with Crippen LogP contribution in [0.2, 0.25) is 0 Å². The van der Waals surface area contributed by atoms with Crippen molar-refractivity contribution in [3.8, 4) is 39.3 Å². The van der Waals surface area contributed by atoms with Crippen molar-refractivity contribution in [1.29, 1.82) is 0 Å². The fraction of sp³-hybridized carbons (Fsp3) is 0. The van der Waals surface area contributed by atoms with Crippen LogP contribution < -0.4 is 0 Å². The SMILES string of the molecule is c1ccc(-n2c3ccccc3c3cc(-c4ccccc4-n4c5cccc(-c6cccc7sc8ccccc8c67)c5c5c6c7ccccc7n(-c7ccccc7)c6ccc54)ccc32)cc1. The molecule has 10 aromatic carbocycles. The van der Waals surface area contributed by atoms with Crippen molar-refractivity contribution in [2.45, 2.75) is 0 Å². The molecule has 3 nitrogen and oxygen atoms in total. The lowest BCUT2D eigenvalue weighted by atomic mass is 9.94. The average Bonchev–Trinajstić information content (AvgIpc) is 4.10. The second-order valence-electron chi connectivity index (χ2n) is 16.8. The van der Waals surface area contributed by atoms with Gasteiger partial charge in [0, 0.05) is 69.4 Å². The monoisotopic (exact) mass is 831 g/mol. The van der Waals surface area contributed by atoms with Gasteiger partial charge in [0.15, 0.2) is 0 Å². The van der Waals surface area contributed by atoms with Crippen LogP contribution in [0, 0.1) is 0 Å². The molecule has 0 amide bonds. The Bertz CT molecular complexity index is 4180. The van der Waals surface area contributed by atoms with E-state index < -0.39 is 0 Å². The molecule has 0 spiro atoms. The zero-order valence-corrected chi connectivity index (χ0v) is 35.4. The highest BCUT2D eigenvalue weighted by atomic mass is 32.1. The molecule has 0 atom stereocenters. The Morgan fingerprint density at radius 1 is 0.266 bits per heavy atom. The van der Waals surface area contributed by atoms with Crippen LogP contribution in [-0.4, -0.2) is 13.7 Å². The van der Waals surface area contributed by atoms with E-state index in [4.69, 9.17) is 0 Å². The second kappa shape index (κ2) is 13.7. The molecule has 14 aromatic rings. The summed E-state index contributed by atoms with van der Waals surface area (Å²) in [6.07, 6.45) is 0. The van der Waals surface area contributed by atoms with E-state index in [2.05, 4.69) is 238 Å². The van der Waals surface area contributed by atoms with E-state index in [0.717, 1.165) is 17.1 Å². The number of fused-ring (bicyclic) bond motifs is 13. The minimum atomic E-state index is 1.15. The molecule has 0 bridgehead atoms. The van der Waals surface area contributed by atoms with Crippen LogP contribution in [0.5, 0.6) is 0 Å². The second-order valence-corrected chi connectivity index (χ2v) is 17.9. The molecular weight excluding hydrogens is 795 g/mol. The Kier molecular flexibility index (Phi) is 7.56.